The number of carbonyl (C=O) groups excluding carboxylic acids is 2. The van der Waals surface area contributed by atoms with Crippen LogP contribution in [0.3, 0.4) is 0 Å². The molecule has 2 aromatic carbocycles. The van der Waals surface area contributed by atoms with Gasteiger partial charge in [-0.05, 0) is 61.4 Å². The Kier molecular flexibility index (Phi) is 6.39. The van der Waals surface area contributed by atoms with E-state index in [0.717, 1.165) is 16.9 Å². The van der Waals surface area contributed by atoms with Gasteiger partial charge in [-0.25, -0.2) is 0 Å². The highest BCUT2D eigenvalue weighted by atomic mass is 16.5. The van der Waals surface area contributed by atoms with Gasteiger partial charge in [0.1, 0.15) is 18.1 Å². The minimum Gasteiger partial charge on any atom is -0.497 e. The third kappa shape index (κ3) is 5.53. The van der Waals surface area contributed by atoms with Crippen LogP contribution in [0.4, 0.5) is 5.69 Å². The summed E-state index contributed by atoms with van der Waals surface area (Å²) in [6.07, 6.45) is 0. The van der Waals surface area contributed by atoms with E-state index in [-0.39, 0.29) is 13.2 Å². The smallest absolute Gasteiger partial charge is 0.313 e. The van der Waals surface area contributed by atoms with Crippen LogP contribution in [0.2, 0.25) is 0 Å². The van der Waals surface area contributed by atoms with Crippen LogP contribution in [0.25, 0.3) is 0 Å². The lowest BCUT2D eigenvalue weighted by Gasteiger charge is -2.09. The van der Waals surface area contributed by atoms with Gasteiger partial charge in [0, 0.05) is 5.69 Å². The van der Waals surface area contributed by atoms with Gasteiger partial charge in [-0.3, -0.25) is 9.59 Å². The third-order valence-electron chi connectivity index (χ3n) is 3.69. The molecule has 0 aliphatic carbocycles. The molecule has 2 rings (SSSR count). The average Bonchev–Trinajstić information content (AvgIpc) is 2.62. The maximum atomic E-state index is 11.9. The Morgan fingerprint density at radius 3 is 2.24 bits per heavy atom. The monoisotopic (exact) mass is 342 g/mol. The summed E-state index contributed by atoms with van der Waals surface area (Å²) in [5.74, 6) is 0.00237. The summed E-state index contributed by atoms with van der Waals surface area (Å²) in [6, 6.07) is 12.6. The fraction of sp³-hybridized carbons (Fsp3) is 0.263. The third-order valence-corrected chi connectivity index (χ3v) is 3.69. The Balaban J connectivity index is 1.73. The molecular weight excluding hydrogens is 320 g/mol. The zero-order valence-corrected chi connectivity index (χ0v) is 14.6. The number of hydrogen-bond donors (Lipinski definition) is 2. The molecule has 0 spiro atoms. The van der Waals surface area contributed by atoms with Gasteiger partial charge < -0.3 is 20.1 Å². The lowest BCUT2D eigenvalue weighted by Crippen LogP contribution is -2.37. The minimum absolute atomic E-state index is 0.227. The zero-order chi connectivity index (χ0) is 18.2. The van der Waals surface area contributed by atoms with E-state index in [1.165, 1.54) is 0 Å². The molecule has 0 radical (unpaired) electrons. The second kappa shape index (κ2) is 8.73. The number of rotatable bonds is 6. The summed E-state index contributed by atoms with van der Waals surface area (Å²) in [6.45, 7) is 4.41. The molecule has 0 aliphatic rings. The number of anilines is 1. The largest absolute Gasteiger partial charge is 0.497 e. The van der Waals surface area contributed by atoms with Gasteiger partial charge >= 0.3 is 11.8 Å². The Bertz CT molecular complexity index is 742. The molecule has 0 bridgehead atoms. The zero-order valence-electron chi connectivity index (χ0n) is 14.6. The highest BCUT2D eigenvalue weighted by Gasteiger charge is 2.13. The molecule has 2 aromatic rings. The molecule has 0 saturated carbocycles. The van der Waals surface area contributed by atoms with E-state index in [1.54, 1.807) is 37.4 Å². The highest BCUT2D eigenvalue weighted by Crippen LogP contribution is 2.16. The Morgan fingerprint density at radius 2 is 1.60 bits per heavy atom. The topological polar surface area (TPSA) is 76.7 Å². The van der Waals surface area contributed by atoms with E-state index in [2.05, 4.69) is 10.6 Å². The van der Waals surface area contributed by atoms with Crippen LogP contribution in [0, 0.1) is 13.8 Å². The standard InChI is InChI=1S/C19H22N2O4/c1-13-4-5-15(12-14(13)2)21-19(23)18(22)20-10-11-25-17-8-6-16(24-3)7-9-17/h4-9,12H,10-11H2,1-3H3,(H,20,22)(H,21,23). The van der Waals surface area contributed by atoms with E-state index < -0.39 is 11.8 Å². The number of benzene rings is 2. The number of amides is 2. The number of aryl methyl sites for hydroxylation is 2. The number of methoxy groups -OCH3 is 1. The van der Waals surface area contributed by atoms with Gasteiger partial charge in [0.2, 0.25) is 0 Å². The average molecular weight is 342 g/mol. The van der Waals surface area contributed by atoms with Gasteiger partial charge in [-0.15, -0.1) is 0 Å². The van der Waals surface area contributed by atoms with E-state index in [4.69, 9.17) is 9.47 Å². The molecule has 0 aromatic heterocycles. The molecule has 0 aliphatic heterocycles. The molecule has 0 unspecified atom stereocenters. The number of hydrogen-bond acceptors (Lipinski definition) is 4. The first kappa shape index (κ1) is 18.3. The van der Waals surface area contributed by atoms with Crippen LogP contribution < -0.4 is 20.1 Å². The van der Waals surface area contributed by atoms with Crippen molar-refractivity contribution in [2.45, 2.75) is 13.8 Å². The van der Waals surface area contributed by atoms with Crippen molar-refractivity contribution in [3.8, 4) is 11.5 Å². The summed E-state index contributed by atoms with van der Waals surface area (Å²) < 4.78 is 10.5. The Morgan fingerprint density at radius 1 is 0.920 bits per heavy atom. The molecule has 0 heterocycles. The second-order valence-electron chi connectivity index (χ2n) is 5.53. The maximum Gasteiger partial charge on any atom is 0.313 e. The van der Waals surface area contributed by atoms with Crippen molar-refractivity contribution in [1.82, 2.24) is 5.32 Å². The molecule has 0 saturated heterocycles. The summed E-state index contributed by atoms with van der Waals surface area (Å²) >= 11 is 0. The van der Waals surface area contributed by atoms with Crippen molar-refractivity contribution in [2.24, 2.45) is 0 Å². The SMILES string of the molecule is COc1ccc(OCCNC(=O)C(=O)Nc2ccc(C)c(C)c2)cc1. The molecule has 6 nitrogen and oxygen atoms in total. The van der Waals surface area contributed by atoms with E-state index in [1.807, 2.05) is 26.0 Å². The van der Waals surface area contributed by atoms with Gasteiger partial charge in [0.05, 0.1) is 13.7 Å². The molecular formula is C19H22N2O4. The Labute approximate surface area is 147 Å². The van der Waals surface area contributed by atoms with E-state index in [0.29, 0.717) is 11.4 Å². The number of carbonyl (C=O) groups is 2. The normalized spacial score (nSPS) is 10.0. The maximum absolute atomic E-state index is 11.9. The number of ether oxygens (including phenoxy) is 2. The molecule has 132 valence electrons. The first-order valence-corrected chi connectivity index (χ1v) is 7.93. The fourth-order valence-electron chi connectivity index (χ4n) is 2.09. The molecule has 2 amide bonds. The minimum atomic E-state index is -0.701. The molecule has 0 atom stereocenters. The molecule has 2 N–H and O–H groups in total. The van der Waals surface area contributed by atoms with Crippen molar-refractivity contribution < 1.29 is 19.1 Å². The highest BCUT2D eigenvalue weighted by molar-refractivity contribution is 6.39. The van der Waals surface area contributed by atoms with Gasteiger partial charge in [0.25, 0.3) is 0 Å². The predicted molar refractivity (Wildman–Crippen MR) is 96.0 cm³/mol. The lowest BCUT2D eigenvalue weighted by molar-refractivity contribution is -0.136. The summed E-state index contributed by atoms with van der Waals surface area (Å²) in [4.78, 5) is 23.7. The van der Waals surface area contributed by atoms with Crippen LogP contribution in [-0.2, 0) is 9.59 Å². The quantitative estimate of drug-likeness (QED) is 0.624. The molecule has 25 heavy (non-hydrogen) atoms. The first-order valence-electron chi connectivity index (χ1n) is 7.93. The Hall–Kier alpha value is -3.02. The van der Waals surface area contributed by atoms with Gasteiger partial charge in [-0.1, -0.05) is 6.07 Å². The molecule has 6 heteroatoms. The summed E-state index contributed by atoms with van der Waals surface area (Å²) in [5.41, 5.74) is 2.77. The van der Waals surface area contributed by atoms with Crippen molar-refractivity contribution >= 4 is 17.5 Å². The van der Waals surface area contributed by atoms with Crippen LogP contribution in [0.5, 0.6) is 11.5 Å². The van der Waals surface area contributed by atoms with Crippen molar-refractivity contribution in [3.05, 3.63) is 53.6 Å². The lowest BCUT2D eigenvalue weighted by atomic mass is 10.1. The molecule has 0 fully saturated rings. The van der Waals surface area contributed by atoms with Crippen LogP contribution >= 0.6 is 0 Å². The van der Waals surface area contributed by atoms with Gasteiger partial charge in [0.15, 0.2) is 0 Å². The summed E-state index contributed by atoms with van der Waals surface area (Å²) in [5, 5.41) is 5.10. The van der Waals surface area contributed by atoms with Crippen molar-refractivity contribution in [3.63, 3.8) is 0 Å². The van der Waals surface area contributed by atoms with Crippen LogP contribution in [-0.4, -0.2) is 32.1 Å². The van der Waals surface area contributed by atoms with Crippen LogP contribution in [0.1, 0.15) is 11.1 Å². The van der Waals surface area contributed by atoms with Crippen LogP contribution in [0.15, 0.2) is 42.5 Å². The second-order valence-corrected chi connectivity index (χ2v) is 5.53. The fourth-order valence-corrected chi connectivity index (χ4v) is 2.09. The number of nitrogens with one attached hydrogen (secondary N) is 2. The van der Waals surface area contributed by atoms with Crippen molar-refractivity contribution in [2.75, 3.05) is 25.6 Å². The first-order chi connectivity index (χ1) is 12.0. The summed E-state index contributed by atoms with van der Waals surface area (Å²) in [7, 11) is 1.59. The predicted octanol–water partition coefficient (Wildman–Crippen LogP) is 2.45. The van der Waals surface area contributed by atoms with E-state index in [9.17, 15) is 9.59 Å². The van der Waals surface area contributed by atoms with E-state index >= 15 is 0 Å². The van der Waals surface area contributed by atoms with Gasteiger partial charge in [-0.2, -0.15) is 0 Å². The van der Waals surface area contributed by atoms with Crippen molar-refractivity contribution in [1.29, 1.82) is 0 Å².